The molecule has 1 heterocycles. The Balaban J connectivity index is 1.83. The van der Waals surface area contributed by atoms with E-state index >= 15 is 0 Å². The molecular formula is C22H20FNO5S. The van der Waals surface area contributed by atoms with Gasteiger partial charge < -0.3 is 14.2 Å². The highest BCUT2D eigenvalue weighted by Gasteiger charge is 2.29. The summed E-state index contributed by atoms with van der Waals surface area (Å²) in [5.41, 5.74) is 1.54. The summed E-state index contributed by atoms with van der Waals surface area (Å²) in [6.45, 7) is 1.73. The predicted octanol–water partition coefficient (Wildman–Crippen LogP) is 4.27. The molecule has 0 radical (unpaired) electrons. The smallest absolute Gasteiger partial charge is 0.264 e. The highest BCUT2D eigenvalue weighted by molar-refractivity contribution is 7.92. The van der Waals surface area contributed by atoms with E-state index in [1.54, 1.807) is 56.5 Å². The van der Waals surface area contributed by atoms with Crippen LogP contribution in [0.25, 0.3) is 0 Å². The summed E-state index contributed by atoms with van der Waals surface area (Å²) in [7, 11) is -2.54. The molecule has 0 fully saturated rings. The third-order valence-corrected chi connectivity index (χ3v) is 6.74. The number of nitrogens with zero attached hydrogens (tertiary/aromatic N) is 1. The second-order valence-corrected chi connectivity index (χ2v) is 8.64. The molecular weight excluding hydrogens is 409 g/mol. The van der Waals surface area contributed by atoms with Gasteiger partial charge in [0, 0.05) is 6.07 Å². The minimum atomic E-state index is -4.09. The van der Waals surface area contributed by atoms with E-state index in [9.17, 15) is 12.8 Å². The third kappa shape index (κ3) is 3.78. The number of ether oxygens (including phenoxy) is 3. The van der Waals surface area contributed by atoms with Gasteiger partial charge in [-0.1, -0.05) is 18.2 Å². The predicted molar refractivity (Wildman–Crippen MR) is 110 cm³/mol. The summed E-state index contributed by atoms with van der Waals surface area (Å²) < 4.78 is 58.4. The zero-order chi connectivity index (χ0) is 21.3. The first-order chi connectivity index (χ1) is 14.4. The van der Waals surface area contributed by atoms with Crippen LogP contribution in [0.15, 0.2) is 65.6 Å². The normalized spacial score (nSPS) is 12.6. The molecule has 3 aromatic rings. The number of hydrogen-bond acceptors (Lipinski definition) is 5. The van der Waals surface area contributed by atoms with Crippen molar-refractivity contribution in [3.8, 4) is 17.2 Å². The van der Waals surface area contributed by atoms with Crippen LogP contribution in [0.1, 0.15) is 11.1 Å². The van der Waals surface area contributed by atoms with Crippen molar-refractivity contribution < 1.29 is 27.0 Å². The van der Waals surface area contributed by atoms with Gasteiger partial charge in [0.05, 0.1) is 24.2 Å². The fourth-order valence-electron chi connectivity index (χ4n) is 3.26. The van der Waals surface area contributed by atoms with Crippen LogP contribution < -0.4 is 18.5 Å². The number of fused-ring (bicyclic) bond motifs is 1. The fraction of sp³-hybridized carbons (Fsp3) is 0.182. The van der Waals surface area contributed by atoms with E-state index < -0.39 is 15.8 Å². The summed E-state index contributed by atoms with van der Waals surface area (Å²) in [4.78, 5) is -0.0944. The fourth-order valence-corrected chi connectivity index (χ4v) is 4.95. The standard InChI is InChI=1S/C22H20FNO5S/c1-15-6-7-17(23)11-22(15)30(25,26)24(13-16-4-3-5-19(10-16)27-2)18-8-9-20-21(12-18)29-14-28-20/h3-12H,13-14H2,1-2H3. The number of benzene rings is 3. The Morgan fingerprint density at radius 1 is 1.03 bits per heavy atom. The molecule has 6 nitrogen and oxygen atoms in total. The molecule has 1 aliphatic rings. The van der Waals surface area contributed by atoms with Gasteiger partial charge in [-0.2, -0.15) is 0 Å². The molecule has 1 aliphatic heterocycles. The lowest BCUT2D eigenvalue weighted by Gasteiger charge is -2.26. The lowest BCUT2D eigenvalue weighted by molar-refractivity contribution is 0.174. The van der Waals surface area contributed by atoms with Crippen LogP contribution in [0.2, 0.25) is 0 Å². The number of methoxy groups -OCH3 is 1. The molecule has 0 saturated heterocycles. The van der Waals surface area contributed by atoms with Crippen LogP contribution in [0.3, 0.4) is 0 Å². The molecule has 156 valence electrons. The van der Waals surface area contributed by atoms with Crippen LogP contribution in [-0.2, 0) is 16.6 Å². The average Bonchev–Trinajstić information content (AvgIpc) is 3.21. The minimum absolute atomic E-state index is 0.0229. The van der Waals surface area contributed by atoms with Crippen molar-refractivity contribution in [2.45, 2.75) is 18.4 Å². The maximum absolute atomic E-state index is 13.9. The zero-order valence-electron chi connectivity index (χ0n) is 16.5. The van der Waals surface area contributed by atoms with E-state index in [2.05, 4.69) is 0 Å². The molecule has 0 N–H and O–H groups in total. The second-order valence-electron chi connectivity index (χ2n) is 6.81. The Bertz CT molecular complexity index is 1200. The van der Waals surface area contributed by atoms with Crippen molar-refractivity contribution in [1.29, 1.82) is 0 Å². The van der Waals surface area contributed by atoms with Crippen molar-refractivity contribution in [3.63, 3.8) is 0 Å². The minimum Gasteiger partial charge on any atom is -0.497 e. The number of sulfonamides is 1. The van der Waals surface area contributed by atoms with Crippen LogP contribution in [-0.4, -0.2) is 22.3 Å². The molecule has 0 aliphatic carbocycles. The molecule has 0 saturated carbocycles. The number of rotatable bonds is 6. The van der Waals surface area contributed by atoms with E-state index in [4.69, 9.17) is 14.2 Å². The molecule has 8 heteroatoms. The van der Waals surface area contributed by atoms with Crippen molar-refractivity contribution in [2.75, 3.05) is 18.2 Å². The average molecular weight is 429 g/mol. The molecule has 4 rings (SSSR count). The van der Waals surface area contributed by atoms with E-state index in [-0.39, 0.29) is 18.2 Å². The molecule has 0 spiro atoms. The quantitative estimate of drug-likeness (QED) is 0.586. The summed E-state index contributed by atoms with van der Waals surface area (Å²) in [6, 6.07) is 15.7. The zero-order valence-corrected chi connectivity index (χ0v) is 17.3. The highest BCUT2D eigenvalue weighted by atomic mass is 32.2. The van der Waals surface area contributed by atoms with E-state index in [1.165, 1.54) is 16.4 Å². The molecule has 0 amide bonds. The first kappa shape index (κ1) is 20.0. The van der Waals surface area contributed by atoms with Crippen molar-refractivity contribution >= 4 is 15.7 Å². The van der Waals surface area contributed by atoms with E-state index in [1.807, 2.05) is 0 Å². The first-order valence-corrected chi connectivity index (χ1v) is 10.6. The molecule has 3 aromatic carbocycles. The Morgan fingerprint density at radius 3 is 2.63 bits per heavy atom. The summed E-state index contributed by atoms with van der Waals surface area (Å²) in [5.74, 6) is 0.984. The number of hydrogen-bond donors (Lipinski definition) is 0. The first-order valence-electron chi connectivity index (χ1n) is 9.20. The third-order valence-electron chi connectivity index (χ3n) is 4.82. The van der Waals surface area contributed by atoms with Gasteiger partial charge in [-0.05, 0) is 54.4 Å². The Kier molecular flexibility index (Phi) is 5.26. The summed E-state index contributed by atoms with van der Waals surface area (Å²) in [6.07, 6.45) is 0. The summed E-state index contributed by atoms with van der Waals surface area (Å²) in [5, 5.41) is 0. The Morgan fingerprint density at radius 2 is 1.83 bits per heavy atom. The van der Waals surface area contributed by atoms with Crippen molar-refractivity contribution in [1.82, 2.24) is 0 Å². The maximum atomic E-state index is 13.9. The lowest BCUT2D eigenvalue weighted by Crippen LogP contribution is -2.31. The summed E-state index contributed by atoms with van der Waals surface area (Å²) >= 11 is 0. The molecule has 0 unspecified atom stereocenters. The van der Waals surface area contributed by atoms with Gasteiger partial charge in [0.2, 0.25) is 6.79 Å². The second kappa shape index (κ2) is 7.87. The molecule has 0 bridgehead atoms. The lowest BCUT2D eigenvalue weighted by atomic mass is 10.2. The van der Waals surface area contributed by atoms with E-state index in [0.29, 0.717) is 34.1 Å². The van der Waals surface area contributed by atoms with Crippen molar-refractivity contribution in [3.05, 3.63) is 77.6 Å². The highest BCUT2D eigenvalue weighted by Crippen LogP contribution is 2.38. The van der Waals surface area contributed by atoms with Crippen LogP contribution in [0, 0.1) is 12.7 Å². The molecule has 0 aromatic heterocycles. The maximum Gasteiger partial charge on any atom is 0.264 e. The van der Waals surface area contributed by atoms with Gasteiger partial charge in [-0.25, -0.2) is 12.8 Å². The van der Waals surface area contributed by atoms with E-state index in [0.717, 1.165) is 6.07 Å². The number of anilines is 1. The molecule has 0 atom stereocenters. The van der Waals surface area contributed by atoms with Crippen LogP contribution >= 0.6 is 0 Å². The van der Waals surface area contributed by atoms with Gasteiger partial charge >= 0.3 is 0 Å². The van der Waals surface area contributed by atoms with Gasteiger partial charge in [-0.3, -0.25) is 4.31 Å². The monoisotopic (exact) mass is 429 g/mol. The van der Waals surface area contributed by atoms with Gasteiger partial charge in [-0.15, -0.1) is 0 Å². The Hall–Kier alpha value is -3.26. The molecule has 30 heavy (non-hydrogen) atoms. The van der Waals surface area contributed by atoms with Crippen LogP contribution in [0.5, 0.6) is 17.2 Å². The van der Waals surface area contributed by atoms with Crippen LogP contribution in [0.4, 0.5) is 10.1 Å². The van der Waals surface area contributed by atoms with Gasteiger partial charge in [0.1, 0.15) is 11.6 Å². The number of aryl methyl sites for hydroxylation is 1. The SMILES string of the molecule is COc1cccc(CN(c2ccc3c(c2)OCO3)S(=O)(=O)c2cc(F)ccc2C)c1. The largest absolute Gasteiger partial charge is 0.497 e. The van der Waals surface area contributed by atoms with Gasteiger partial charge in [0.25, 0.3) is 10.0 Å². The number of halogens is 1. The van der Waals surface area contributed by atoms with Gasteiger partial charge in [0.15, 0.2) is 11.5 Å². The Labute approximate surface area is 174 Å². The van der Waals surface area contributed by atoms with Crippen molar-refractivity contribution in [2.24, 2.45) is 0 Å². The topological polar surface area (TPSA) is 65.1 Å².